The first kappa shape index (κ1) is 13.0. The van der Waals surface area contributed by atoms with Gasteiger partial charge in [-0.25, -0.2) is 0 Å². The summed E-state index contributed by atoms with van der Waals surface area (Å²) in [6, 6.07) is -0.691. The molecule has 0 bridgehead atoms. The summed E-state index contributed by atoms with van der Waals surface area (Å²) < 4.78 is 0. The minimum absolute atomic E-state index is 0.215. The maximum atomic E-state index is 11.9. The van der Waals surface area contributed by atoms with E-state index in [1.165, 1.54) is 0 Å². The highest BCUT2D eigenvalue weighted by atomic mass is 16.4. The fraction of sp³-hybridized carbons (Fsp3) is 0.818. The van der Waals surface area contributed by atoms with Crippen molar-refractivity contribution in [2.24, 2.45) is 11.7 Å². The third kappa shape index (κ3) is 2.95. The van der Waals surface area contributed by atoms with Crippen molar-refractivity contribution >= 4 is 11.9 Å². The van der Waals surface area contributed by atoms with Crippen LogP contribution in [0.5, 0.6) is 0 Å². The molecular weight excluding hydrogens is 208 g/mol. The van der Waals surface area contributed by atoms with Crippen molar-refractivity contribution in [1.82, 2.24) is 4.90 Å². The molecule has 1 rings (SSSR count). The monoisotopic (exact) mass is 228 g/mol. The Labute approximate surface area is 95.6 Å². The zero-order valence-electron chi connectivity index (χ0n) is 9.85. The zero-order valence-corrected chi connectivity index (χ0v) is 9.85. The van der Waals surface area contributed by atoms with Gasteiger partial charge in [-0.1, -0.05) is 13.8 Å². The largest absolute Gasteiger partial charge is 0.481 e. The summed E-state index contributed by atoms with van der Waals surface area (Å²) in [7, 11) is 0. The number of carbonyl (C=O) groups excluding carboxylic acids is 1. The number of nitrogens with two attached hydrogens (primary N) is 1. The fourth-order valence-electron chi connectivity index (χ4n) is 2.25. The van der Waals surface area contributed by atoms with Crippen LogP contribution in [0.3, 0.4) is 0 Å². The standard InChI is InChI=1S/C11H20N2O3/c1-7(2)9-4-3-5-13(9)11(16)8(12)6-10(14)15/h7-9H,3-6,12H2,1-2H3,(H,14,15). The number of aliphatic carboxylic acids is 1. The second-order valence-electron chi connectivity index (χ2n) is 4.69. The number of carboxylic acids is 1. The third-order valence-electron chi connectivity index (χ3n) is 3.06. The molecule has 1 aliphatic rings. The van der Waals surface area contributed by atoms with Gasteiger partial charge in [0.2, 0.25) is 5.91 Å². The van der Waals surface area contributed by atoms with E-state index in [4.69, 9.17) is 10.8 Å². The molecule has 0 aromatic heterocycles. The van der Waals surface area contributed by atoms with Gasteiger partial charge < -0.3 is 15.7 Å². The molecule has 3 N–H and O–H groups in total. The highest BCUT2D eigenvalue weighted by Crippen LogP contribution is 2.24. The van der Waals surface area contributed by atoms with E-state index in [-0.39, 0.29) is 18.4 Å². The Morgan fingerprint density at radius 1 is 1.50 bits per heavy atom. The minimum atomic E-state index is -1.03. The first-order valence-electron chi connectivity index (χ1n) is 5.71. The maximum absolute atomic E-state index is 11.9. The predicted molar refractivity (Wildman–Crippen MR) is 59.8 cm³/mol. The molecule has 5 heteroatoms. The van der Waals surface area contributed by atoms with Crippen molar-refractivity contribution < 1.29 is 14.7 Å². The molecular formula is C11H20N2O3. The summed E-state index contributed by atoms with van der Waals surface area (Å²) in [6.45, 7) is 4.84. The number of hydrogen-bond donors (Lipinski definition) is 2. The summed E-state index contributed by atoms with van der Waals surface area (Å²) in [5.74, 6) is -0.858. The molecule has 0 aliphatic carbocycles. The zero-order chi connectivity index (χ0) is 12.3. The van der Waals surface area contributed by atoms with Crippen LogP contribution >= 0.6 is 0 Å². The summed E-state index contributed by atoms with van der Waals surface area (Å²) in [4.78, 5) is 24.2. The van der Waals surface area contributed by atoms with Crippen molar-refractivity contribution in [1.29, 1.82) is 0 Å². The topological polar surface area (TPSA) is 83.6 Å². The smallest absolute Gasteiger partial charge is 0.305 e. The molecule has 1 heterocycles. The first-order valence-corrected chi connectivity index (χ1v) is 5.71. The van der Waals surface area contributed by atoms with Gasteiger partial charge in [-0.2, -0.15) is 0 Å². The number of likely N-dealkylation sites (tertiary alicyclic amines) is 1. The van der Waals surface area contributed by atoms with Crippen LogP contribution in [0, 0.1) is 5.92 Å². The van der Waals surface area contributed by atoms with Crippen molar-refractivity contribution in [3.05, 3.63) is 0 Å². The fourth-order valence-corrected chi connectivity index (χ4v) is 2.25. The van der Waals surface area contributed by atoms with Crippen LogP contribution < -0.4 is 5.73 Å². The van der Waals surface area contributed by atoms with Gasteiger partial charge in [0.1, 0.15) is 0 Å². The Kier molecular flexibility index (Phi) is 4.29. The van der Waals surface area contributed by atoms with E-state index in [9.17, 15) is 9.59 Å². The van der Waals surface area contributed by atoms with Crippen molar-refractivity contribution in [3.63, 3.8) is 0 Å². The third-order valence-corrected chi connectivity index (χ3v) is 3.06. The van der Waals surface area contributed by atoms with Crippen LogP contribution in [0.4, 0.5) is 0 Å². The van der Waals surface area contributed by atoms with Crippen molar-refractivity contribution in [2.45, 2.75) is 45.2 Å². The predicted octanol–water partition coefficient (Wildman–Crippen LogP) is 0.435. The Morgan fingerprint density at radius 3 is 2.62 bits per heavy atom. The lowest BCUT2D eigenvalue weighted by Crippen LogP contribution is -2.48. The van der Waals surface area contributed by atoms with Crippen LogP contribution in [-0.2, 0) is 9.59 Å². The summed E-state index contributed by atoms with van der Waals surface area (Å²) >= 11 is 0. The average Bonchev–Trinajstić information content (AvgIpc) is 2.63. The quantitative estimate of drug-likeness (QED) is 0.731. The van der Waals surface area contributed by atoms with E-state index in [1.54, 1.807) is 4.90 Å². The molecule has 0 radical (unpaired) electrons. The van der Waals surface area contributed by atoms with Crippen LogP contribution in [-0.4, -0.2) is 40.5 Å². The van der Waals surface area contributed by atoms with Gasteiger partial charge in [0.05, 0.1) is 12.5 Å². The molecule has 1 amide bonds. The SMILES string of the molecule is CC(C)C1CCCN1C(=O)C(N)CC(=O)O. The van der Waals surface area contributed by atoms with E-state index < -0.39 is 12.0 Å². The number of hydrogen-bond acceptors (Lipinski definition) is 3. The van der Waals surface area contributed by atoms with E-state index in [1.807, 2.05) is 0 Å². The van der Waals surface area contributed by atoms with Gasteiger partial charge in [-0.3, -0.25) is 9.59 Å². The Hall–Kier alpha value is -1.10. The number of nitrogens with zero attached hydrogens (tertiary/aromatic N) is 1. The lowest BCUT2D eigenvalue weighted by molar-refractivity contribution is -0.142. The second-order valence-corrected chi connectivity index (χ2v) is 4.69. The van der Waals surface area contributed by atoms with Crippen molar-refractivity contribution in [3.8, 4) is 0 Å². The van der Waals surface area contributed by atoms with Crippen LogP contribution in [0.25, 0.3) is 0 Å². The van der Waals surface area contributed by atoms with Gasteiger partial charge in [-0.15, -0.1) is 0 Å². The summed E-state index contributed by atoms with van der Waals surface area (Å²) in [6.07, 6.45) is 1.68. The average molecular weight is 228 g/mol. The maximum Gasteiger partial charge on any atom is 0.305 e. The van der Waals surface area contributed by atoms with Crippen LogP contribution in [0.2, 0.25) is 0 Å². The molecule has 2 atom stereocenters. The molecule has 92 valence electrons. The van der Waals surface area contributed by atoms with Gasteiger partial charge in [0.15, 0.2) is 0 Å². The first-order chi connectivity index (χ1) is 7.43. The summed E-state index contributed by atoms with van der Waals surface area (Å²) in [5, 5.41) is 8.60. The van der Waals surface area contributed by atoms with Gasteiger partial charge in [0.25, 0.3) is 0 Å². The number of carbonyl (C=O) groups is 2. The van der Waals surface area contributed by atoms with Gasteiger partial charge in [0, 0.05) is 12.6 Å². The van der Waals surface area contributed by atoms with Gasteiger partial charge >= 0.3 is 5.97 Å². The molecule has 16 heavy (non-hydrogen) atoms. The van der Waals surface area contributed by atoms with E-state index >= 15 is 0 Å². The molecule has 2 unspecified atom stereocenters. The molecule has 0 saturated carbocycles. The van der Waals surface area contributed by atoms with Gasteiger partial charge in [-0.05, 0) is 18.8 Å². The Morgan fingerprint density at radius 2 is 2.12 bits per heavy atom. The Balaban J connectivity index is 2.62. The summed E-state index contributed by atoms with van der Waals surface area (Å²) in [5.41, 5.74) is 5.59. The molecule has 0 spiro atoms. The van der Waals surface area contributed by atoms with E-state index in [0.717, 1.165) is 12.8 Å². The molecule has 0 aromatic rings. The lowest BCUT2D eigenvalue weighted by Gasteiger charge is -2.29. The van der Waals surface area contributed by atoms with E-state index in [0.29, 0.717) is 12.5 Å². The molecule has 5 nitrogen and oxygen atoms in total. The van der Waals surface area contributed by atoms with Crippen molar-refractivity contribution in [2.75, 3.05) is 6.54 Å². The van der Waals surface area contributed by atoms with Crippen LogP contribution in [0.15, 0.2) is 0 Å². The highest BCUT2D eigenvalue weighted by molar-refractivity contribution is 5.86. The lowest BCUT2D eigenvalue weighted by atomic mass is 10.0. The normalized spacial score (nSPS) is 22.5. The molecule has 1 aliphatic heterocycles. The molecule has 1 saturated heterocycles. The minimum Gasteiger partial charge on any atom is -0.481 e. The van der Waals surface area contributed by atoms with E-state index in [2.05, 4.69) is 13.8 Å². The number of carboxylic acid groups (broad SMARTS) is 1. The second kappa shape index (κ2) is 5.30. The van der Waals surface area contributed by atoms with Crippen LogP contribution in [0.1, 0.15) is 33.1 Å². The molecule has 1 fully saturated rings. The highest BCUT2D eigenvalue weighted by Gasteiger charge is 2.33. The number of rotatable bonds is 4. The number of amides is 1. The Bertz CT molecular complexity index is 278. The molecule has 0 aromatic carbocycles.